The standard InChI is InChI=1S/C10H11F2NO/c1-5-4-14-8-3-6(11)2-7(12)9(8)10(5)13/h2-3,5,10H,4,13H2,1H3. The predicted octanol–water partition coefficient (Wildman–Crippen LogP) is 1.99. The zero-order valence-electron chi connectivity index (χ0n) is 7.76. The lowest BCUT2D eigenvalue weighted by molar-refractivity contribution is 0.201. The first-order chi connectivity index (χ1) is 6.59. The molecule has 0 aromatic heterocycles. The first-order valence-corrected chi connectivity index (χ1v) is 4.47. The first kappa shape index (κ1) is 9.40. The fourth-order valence-corrected chi connectivity index (χ4v) is 1.61. The molecule has 1 aromatic rings. The Bertz CT molecular complexity index is 367. The summed E-state index contributed by atoms with van der Waals surface area (Å²) < 4.78 is 31.4. The van der Waals surface area contributed by atoms with Gasteiger partial charge in [-0.25, -0.2) is 8.78 Å². The Morgan fingerprint density at radius 2 is 2.14 bits per heavy atom. The fourth-order valence-electron chi connectivity index (χ4n) is 1.61. The van der Waals surface area contributed by atoms with Gasteiger partial charge in [0, 0.05) is 29.7 Å². The number of benzene rings is 1. The molecule has 0 fully saturated rings. The van der Waals surface area contributed by atoms with Crippen molar-refractivity contribution in [1.29, 1.82) is 0 Å². The number of hydrogen-bond acceptors (Lipinski definition) is 2. The highest BCUT2D eigenvalue weighted by atomic mass is 19.1. The van der Waals surface area contributed by atoms with Crippen molar-refractivity contribution < 1.29 is 13.5 Å². The molecule has 2 nitrogen and oxygen atoms in total. The molecule has 2 atom stereocenters. The van der Waals surface area contributed by atoms with E-state index in [1.165, 1.54) is 6.07 Å². The summed E-state index contributed by atoms with van der Waals surface area (Å²) in [5.74, 6) is -0.988. The molecular weight excluding hydrogens is 188 g/mol. The Morgan fingerprint density at radius 3 is 2.86 bits per heavy atom. The van der Waals surface area contributed by atoms with Gasteiger partial charge in [-0.3, -0.25) is 0 Å². The van der Waals surface area contributed by atoms with Crippen LogP contribution in [-0.2, 0) is 0 Å². The van der Waals surface area contributed by atoms with Crippen molar-refractivity contribution >= 4 is 0 Å². The molecule has 0 bridgehead atoms. The highest BCUT2D eigenvalue weighted by Crippen LogP contribution is 2.35. The molecule has 0 amide bonds. The van der Waals surface area contributed by atoms with E-state index in [4.69, 9.17) is 10.5 Å². The Morgan fingerprint density at radius 1 is 1.43 bits per heavy atom. The summed E-state index contributed by atoms with van der Waals surface area (Å²) in [6.07, 6.45) is 0. The topological polar surface area (TPSA) is 35.2 Å². The fraction of sp³-hybridized carbons (Fsp3) is 0.400. The van der Waals surface area contributed by atoms with Crippen molar-refractivity contribution in [3.8, 4) is 5.75 Å². The molecule has 4 heteroatoms. The van der Waals surface area contributed by atoms with Gasteiger partial charge in [0.05, 0.1) is 6.61 Å². The molecule has 0 aliphatic carbocycles. The molecule has 0 radical (unpaired) electrons. The van der Waals surface area contributed by atoms with Gasteiger partial charge in [0.1, 0.15) is 17.4 Å². The average molecular weight is 199 g/mol. The minimum absolute atomic E-state index is 0.0439. The van der Waals surface area contributed by atoms with Gasteiger partial charge in [0.25, 0.3) is 0 Å². The van der Waals surface area contributed by atoms with Crippen LogP contribution in [0.1, 0.15) is 18.5 Å². The number of rotatable bonds is 0. The van der Waals surface area contributed by atoms with Gasteiger partial charge in [-0.1, -0.05) is 6.92 Å². The Labute approximate surface area is 80.7 Å². The lowest BCUT2D eigenvalue weighted by Gasteiger charge is -2.28. The van der Waals surface area contributed by atoms with Crippen molar-refractivity contribution in [2.45, 2.75) is 13.0 Å². The maximum absolute atomic E-state index is 13.4. The minimum atomic E-state index is -0.636. The number of fused-ring (bicyclic) bond motifs is 1. The molecule has 2 rings (SSSR count). The lowest BCUT2D eigenvalue weighted by Crippen LogP contribution is -2.30. The zero-order valence-corrected chi connectivity index (χ0v) is 7.76. The summed E-state index contributed by atoms with van der Waals surface area (Å²) in [6.45, 7) is 2.27. The van der Waals surface area contributed by atoms with Crippen LogP contribution in [0.25, 0.3) is 0 Å². The molecule has 14 heavy (non-hydrogen) atoms. The van der Waals surface area contributed by atoms with Crippen LogP contribution in [-0.4, -0.2) is 6.61 Å². The highest BCUT2D eigenvalue weighted by molar-refractivity contribution is 5.39. The van der Waals surface area contributed by atoms with Crippen molar-refractivity contribution in [2.75, 3.05) is 6.61 Å². The van der Waals surface area contributed by atoms with E-state index in [2.05, 4.69) is 0 Å². The third kappa shape index (κ3) is 1.35. The molecule has 2 N–H and O–H groups in total. The van der Waals surface area contributed by atoms with Crippen LogP contribution in [0.3, 0.4) is 0 Å². The Kier molecular flexibility index (Phi) is 2.15. The SMILES string of the molecule is CC1COc2cc(F)cc(F)c2C1N. The van der Waals surface area contributed by atoms with Crippen molar-refractivity contribution in [1.82, 2.24) is 0 Å². The number of hydrogen-bond donors (Lipinski definition) is 1. The van der Waals surface area contributed by atoms with Gasteiger partial charge in [0.15, 0.2) is 0 Å². The molecular formula is C10H11F2NO. The van der Waals surface area contributed by atoms with Crippen LogP contribution in [0.15, 0.2) is 12.1 Å². The van der Waals surface area contributed by atoms with Gasteiger partial charge in [-0.2, -0.15) is 0 Å². The molecule has 76 valence electrons. The third-order valence-electron chi connectivity index (χ3n) is 2.50. The van der Waals surface area contributed by atoms with Crippen LogP contribution in [0.2, 0.25) is 0 Å². The van der Waals surface area contributed by atoms with Gasteiger partial charge < -0.3 is 10.5 Å². The van der Waals surface area contributed by atoms with E-state index in [1.807, 2.05) is 6.92 Å². The zero-order chi connectivity index (χ0) is 10.3. The Balaban J connectivity index is 2.54. The second kappa shape index (κ2) is 3.20. The van der Waals surface area contributed by atoms with E-state index in [0.717, 1.165) is 6.07 Å². The van der Waals surface area contributed by atoms with Gasteiger partial charge in [-0.05, 0) is 0 Å². The van der Waals surface area contributed by atoms with Crippen molar-refractivity contribution in [3.05, 3.63) is 29.3 Å². The van der Waals surface area contributed by atoms with E-state index in [0.29, 0.717) is 6.61 Å². The highest BCUT2D eigenvalue weighted by Gasteiger charge is 2.28. The molecule has 1 heterocycles. The number of nitrogens with two attached hydrogens (primary N) is 1. The molecule has 1 aliphatic rings. The van der Waals surface area contributed by atoms with Crippen LogP contribution < -0.4 is 10.5 Å². The normalized spacial score (nSPS) is 25.4. The van der Waals surface area contributed by atoms with E-state index in [1.54, 1.807) is 0 Å². The average Bonchev–Trinajstić information content (AvgIpc) is 2.10. The van der Waals surface area contributed by atoms with Crippen molar-refractivity contribution in [2.24, 2.45) is 11.7 Å². The third-order valence-corrected chi connectivity index (χ3v) is 2.50. The summed E-state index contributed by atoms with van der Waals surface area (Å²) in [5.41, 5.74) is 6.08. The van der Waals surface area contributed by atoms with Crippen molar-refractivity contribution in [3.63, 3.8) is 0 Å². The second-order valence-corrected chi connectivity index (χ2v) is 3.61. The summed E-state index contributed by atoms with van der Waals surface area (Å²) >= 11 is 0. The maximum Gasteiger partial charge on any atom is 0.134 e. The second-order valence-electron chi connectivity index (χ2n) is 3.61. The summed E-state index contributed by atoms with van der Waals surface area (Å²) in [7, 11) is 0. The quantitative estimate of drug-likeness (QED) is 0.693. The van der Waals surface area contributed by atoms with E-state index in [9.17, 15) is 8.78 Å². The number of ether oxygens (including phenoxy) is 1. The summed E-state index contributed by atoms with van der Waals surface area (Å²) in [4.78, 5) is 0. The molecule has 1 aromatic carbocycles. The van der Waals surface area contributed by atoms with Gasteiger partial charge in [0.2, 0.25) is 0 Å². The van der Waals surface area contributed by atoms with Crippen LogP contribution >= 0.6 is 0 Å². The largest absolute Gasteiger partial charge is 0.493 e. The first-order valence-electron chi connectivity index (χ1n) is 4.47. The number of halogens is 2. The summed E-state index contributed by atoms with van der Waals surface area (Å²) in [6, 6.07) is 1.59. The molecule has 0 saturated heterocycles. The predicted molar refractivity (Wildman–Crippen MR) is 47.9 cm³/mol. The molecule has 2 unspecified atom stereocenters. The van der Waals surface area contributed by atoms with E-state index < -0.39 is 17.7 Å². The summed E-state index contributed by atoms with van der Waals surface area (Å²) in [5, 5.41) is 0. The van der Waals surface area contributed by atoms with Crippen LogP contribution in [0.5, 0.6) is 5.75 Å². The monoisotopic (exact) mass is 199 g/mol. The van der Waals surface area contributed by atoms with E-state index >= 15 is 0 Å². The minimum Gasteiger partial charge on any atom is -0.493 e. The molecule has 1 aliphatic heterocycles. The van der Waals surface area contributed by atoms with Crippen LogP contribution in [0, 0.1) is 17.6 Å². The smallest absolute Gasteiger partial charge is 0.134 e. The Hall–Kier alpha value is -1.16. The maximum atomic E-state index is 13.4. The van der Waals surface area contributed by atoms with Gasteiger partial charge in [-0.15, -0.1) is 0 Å². The molecule has 0 saturated carbocycles. The van der Waals surface area contributed by atoms with E-state index in [-0.39, 0.29) is 17.2 Å². The van der Waals surface area contributed by atoms with Gasteiger partial charge >= 0.3 is 0 Å². The van der Waals surface area contributed by atoms with Crippen LogP contribution in [0.4, 0.5) is 8.78 Å². The molecule has 0 spiro atoms. The lowest BCUT2D eigenvalue weighted by atomic mass is 9.92.